The zero-order valence-corrected chi connectivity index (χ0v) is 11.5. The zero-order chi connectivity index (χ0) is 13.4. The van der Waals surface area contributed by atoms with Crippen LogP contribution in [0.4, 0.5) is 0 Å². The van der Waals surface area contributed by atoms with Crippen LogP contribution < -0.4 is 5.32 Å². The monoisotopic (exact) mass is 235 g/mol. The summed E-state index contributed by atoms with van der Waals surface area (Å²) >= 11 is 0. The first-order valence-corrected chi connectivity index (χ1v) is 6.38. The summed E-state index contributed by atoms with van der Waals surface area (Å²) in [5.41, 5.74) is 2.10. The molecule has 96 valence electrons. The smallest absolute Gasteiger partial charge is 0.157 e. The minimum Gasteiger partial charge on any atom is -0.375 e. The third-order valence-electron chi connectivity index (χ3n) is 2.74. The average Bonchev–Trinajstić information content (AvgIpc) is 2.39. The first-order chi connectivity index (χ1) is 8.10. The molecule has 0 saturated heterocycles. The van der Waals surface area contributed by atoms with E-state index in [0.717, 1.165) is 24.1 Å². The molecule has 0 aromatic rings. The van der Waals surface area contributed by atoms with E-state index in [4.69, 9.17) is 0 Å². The SMILES string of the molecule is C=CC1=C(C=C)NC(C(=O)C(C)C)CC1.CC. The predicted octanol–water partition coefficient (Wildman–Crippen LogP) is 3.62. The molecule has 1 rings (SSSR count). The highest BCUT2D eigenvalue weighted by Crippen LogP contribution is 2.21. The molecule has 0 bridgehead atoms. The van der Waals surface area contributed by atoms with Crippen molar-refractivity contribution in [2.45, 2.75) is 46.6 Å². The molecule has 0 aromatic carbocycles. The Balaban J connectivity index is 0.00000121. The summed E-state index contributed by atoms with van der Waals surface area (Å²) in [5, 5.41) is 3.23. The fraction of sp³-hybridized carbons (Fsp3) is 0.533. The van der Waals surface area contributed by atoms with Crippen LogP contribution in [0.15, 0.2) is 36.6 Å². The third-order valence-corrected chi connectivity index (χ3v) is 2.74. The molecular formula is C15H25NO. The summed E-state index contributed by atoms with van der Waals surface area (Å²) < 4.78 is 0. The molecule has 1 heterocycles. The van der Waals surface area contributed by atoms with E-state index in [-0.39, 0.29) is 17.7 Å². The highest BCUT2D eigenvalue weighted by atomic mass is 16.1. The molecule has 0 spiro atoms. The van der Waals surface area contributed by atoms with Gasteiger partial charge in [0.15, 0.2) is 5.78 Å². The van der Waals surface area contributed by atoms with Gasteiger partial charge in [-0.1, -0.05) is 46.9 Å². The van der Waals surface area contributed by atoms with Gasteiger partial charge in [0.05, 0.1) is 6.04 Å². The Labute approximate surface area is 105 Å². The van der Waals surface area contributed by atoms with Crippen LogP contribution in [0.1, 0.15) is 40.5 Å². The molecule has 1 atom stereocenters. The maximum atomic E-state index is 11.8. The molecule has 1 aliphatic rings. The van der Waals surface area contributed by atoms with Crippen molar-refractivity contribution in [3.05, 3.63) is 36.6 Å². The Hall–Kier alpha value is -1.31. The second-order valence-corrected chi connectivity index (χ2v) is 4.14. The van der Waals surface area contributed by atoms with Crippen LogP contribution in [0.5, 0.6) is 0 Å². The van der Waals surface area contributed by atoms with E-state index in [2.05, 4.69) is 18.5 Å². The van der Waals surface area contributed by atoms with Crippen LogP contribution in [0.3, 0.4) is 0 Å². The maximum Gasteiger partial charge on any atom is 0.157 e. The van der Waals surface area contributed by atoms with Crippen molar-refractivity contribution >= 4 is 5.78 Å². The molecular weight excluding hydrogens is 210 g/mol. The number of carbonyl (C=O) groups excluding carboxylic acids is 1. The Morgan fingerprint density at radius 2 is 1.94 bits per heavy atom. The second-order valence-electron chi connectivity index (χ2n) is 4.14. The largest absolute Gasteiger partial charge is 0.375 e. The quantitative estimate of drug-likeness (QED) is 0.806. The highest BCUT2D eigenvalue weighted by Gasteiger charge is 2.24. The molecule has 2 heteroatoms. The molecule has 1 unspecified atom stereocenters. The van der Waals surface area contributed by atoms with Crippen molar-refractivity contribution in [2.24, 2.45) is 5.92 Å². The standard InChI is InChI=1S/C13H19NO.C2H6/c1-5-10-7-8-12(13(15)9(3)4)14-11(10)6-2;1-2/h5-6,9,12,14H,1-2,7-8H2,3-4H3;1-2H3. The molecule has 0 amide bonds. The van der Waals surface area contributed by atoms with Crippen LogP contribution in [-0.4, -0.2) is 11.8 Å². The van der Waals surface area contributed by atoms with Crippen LogP contribution in [0.25, 0.3) is 0 Å². The van der Waals surface area contributed by atoms with E-state index in [9.17, 15) is 4.79 Å². The van der Waals surface area contributed by atoms with Crippen molar-refractivity contribution in [3.8, 4) is 0 Å². The number of carbonyl (C=O) groups is 1. The third kappa shape index (κ3) is 4.22. The minimum absolute atomic E-state index is 0.0540. The van der Waals surface area contributed by atoms with Gasteiger partial charge in [-0.3, -0.25) is 4.79 Å². The fourth-order valence-electron chi connectivity index (χ4n) is 1.80. The number of rotatable bonds is 4. The lowest BCUT2D eigenvalue weighted by molar-refractivity contribution is -0.124. The second kappa shape index (κ2) is 7.88. The number of Topliss-reactive ketones (excluding diaryl/α,β-unsaturated/α-hetero) is 1. The highest BCUT2D eigenvalue weighted by molar-refractivity contribution is 5.86. The van der Waals surface area contributed by atoms with Gasteiger partial charge in [-0.25, -0.2) is 0 Å². The zero-order valence-electron chi connectivity index (χ0n) is 11.5. The lowest BCUT2D eigenvalue weighted by Gasteiger charge is -2.27. The lowest BCUT2D eigenvalue weighted by atomic mass is 9.91. The molecule has 1 N–H and O–H groups in total. The molecule has 0 radical (unpaired) electrons. The number of hydrogen-bond donors (Lipinski definition) is 1. The Morgan fingerprint density at radius 1 is 1.35 bits per heavy atom. The van der Waals surface area contributed by atoms with Gasteiger partial charge in [0.25, 0.3) is 0 Å². The van der Waals surface area contributed by atoms with Crippen molar-refractivity contribution < 1.29 is 4.79 Å². The maximum absolute atomic E-state index is 11.8. The average molecular weight is 235 g/mol. The summed E-state index contributed by atoms with van der Waals surface area (Å²) in [6.07, 6.45) is 5.35. The van der Waals surface area contributed by atoms with Gasteiger partial charge in [-0.05, 0) is 24.5 Å². The van der Waals surface area contributed by atoms with E-state index in [1.165, 1.54) is 0 Å². The van der Waals surface area contributed by atoms with Crippen LogP contribution in [-0.2, 0) is 4.79 Å². The minimum atomic E-state index is -0.0540. The molecule has 0 saturated carbocycles. The predicted molar refractivity (Wildman–Crippen MR) is 74.8 cm³/mol. The Kier molecular flexibility index (Phi) is 7.27. The van der Waals surface area contributed by atoms with Gasteiger partial charge in [-0.2, -0.15) is 0 Å². The van der Waals surface area contributed by atoms with Crippen molar-refractivity contribution in [2.75, 3.05) is 0 Å². The van der Waals surface area contributed by atoms with Gasteiger partial charge in [0.2, 0.25) is 0 Å². The molecule has 1 aliphatic heterocycles. The molecule has 0 fully saturated rings. The van der Waals surface area contributed by atoms with Gasteiger partial charge in [0.1, 0.15) is 0 Å². The van der Waals surface area contributed by atoms with Crippen molar-refractivity contribution in [3.63, 3.8) is 0 Å². The molecule has 2 nitrogen and oxygen atoms in total. The first-order valence-electron chi connectivity index (χ1n) is 6.38. The normalized spacial score (nSPS) is 19.0. The lowest BCUT2D eigenvalue weighted by Crippen LogP contribution is -2.41. The van der Waals surface area contributed by atoms with Gasteiger partial charge in [0, 0.05) is 11.6 Å². The summed E-state index contributed by atoms with van der Waals surface area (Å²) in [6, 6.07) is -0.0540. The van der Waals surface area contributed by atoms with E-state index in [1.807, 2.05) is 33.8 Å². The fourth-order valence-corrected chi connectivity index (χ4v) is 1.80. The van der Waals surface area contributed by atoms with E-state index in [0.29, 0.717) is 0 Å². The summed E-state index contributed by atoms with van der Waals surface area (Å²) in [6.45, 7) is 15.4. The summed E-state index contributed by atoms with van der Waals surface area (Å²) in [7, 11) is 0. The molecule has 0 aliphatic carbocycles. The molecule has 0 aromatic heterocycles. The van der Waals surface area contributed by atoms with Gasteiger partial charge in [-0.15, -0.1) is 0 Å². The van der Waals surface area contributed by atoms with Crippen LogP contribution in [0.2, 0.25) is 0 Å². The van der Waals surface area contributed by atoms with E-state index < -0.39 is 0 Å². The van der Waals surface area contributed by atoms with Crippen molar-refractivity contribution in [1.29, 1.82) is 0 Å². The topological polar surface area (TPSA) is 29.1 Å². The number of nitrogens with one attached hydrogen (secondary N) is 1. The van der Waals surface area contributed by atoms with E-state index >= 15 is 0 Å². The van der Waals surface area contributed by atoms with E-state index in [1.54, 1.807) is 6.08 Å². The van der Waals surface area contributed by atoms with Crippen LogP contribution >= 0.6 is 0 Å². The summed E-state index contributed by atoms with van der Waals surface area (Å²) in [4.78, 5) is 11.8. The van der Waals surface area contributed by atoms with Crippen molar-refractivity contribution in [1.82, 2.24) is 5.32 Å². The Bertz CT molecular complexity index is 313. The summed E-state index contributed by atoms with van der Waals surface area (Å²) in [5.74, 6) is 0.358. The number of allylic oxidation sites excluding steroid dienone is 3. The Morgan fingerprint density at radius 3 is 2.35 bits per heavy atom. The van der Waals surface area contributed by atoms with Gasteiger partial charge < -0.3 is 5.32 Å². The van der Waals surface area contributed by atoms with Crippen LogP contribution in [0, 0.1) is 5.92 Å². The number of ketones is 1. The van der Waals surface area contributed by atoms with Gasteiger partial charge >= 0.3 is 0 Å². The number of hydrogen-bond acceptors (Lipinski definition) is 2. The first kappa shape index (κ1) is 15.7. The molecule has 17 heavy (non-hydrogen) atoms.